The summed E-state index contributed by atoms with van der Waals surface area (Å²) in [4.78, 5) is 6.84. The third-order valence-corrected chi connectivity index (χ3v) is 3.95. The number of rotatable bonds is 8. The van der Waals surface area contributed by atoms with Gasteiger partial charge in [-0.05, 0) is 31.7 Å². The highest BCUT2D eigenvalue weighted by Gasteiger charge is 2.14. The average molecular weight is 281 g/mol. The monoisotopic (exact) mass is 281 g/mol. The molecule has 1 atom stereocenters. The van der Waals surface area contributed by atoms with Gasteiger partial charge >= 0.3 is 0 Å². The Morgan fingerprint density at radius 2 is 2.11 bits per heavy atom. The van der Waals surface area contributed by atoms with E-state index < -0.39 is 0 Å². The Hall–Kier alpha value is -0.740. The van der Waals surface area contributed by atoms with Gasteiger partial charge in [-0.2, -0.15) is 11.8 Å². The number of thioether (sulfide) groups is 1. The molecule has 0 aliphatic carbocycles. The zero-order valence-corrected chi connectivity index (χ0v) is 13.6. The van der Waals surface area contributed by atoms with Gasteiger partial charge in [-0.1, -0.05) is 19.9 Å². The number of pyridine rings is 1. The van der Waals surface area contributed by atoms with Crippen molar-refractivity contribution in [2.75, 3.05) is 30.5 Å². The fourth-order valence-electron chi connectivity index (χ4n) is 1.94. The van der Waals surface area contributed by atoms with Gasteiger partial charge in [0.2, 0.25) is 0 Å². The largest absolute Gasteiger partial charge is 0.356 e. The minimum Gasteiger partial charge on any atom is -0.356 e. The zero-order valence-electron chi connectivity index (χ0n) is 12.8. The van der Waals surface area contributed by atoms with E-state index in [0.717, 1.165) is 24.7 Å². The van der Waals surface area contributed by atoms with Crippen LogP contribution in [0.4, 0.5) is 5.82 Å². The first kappa shape index (κ1) is 16.3. The van der Waals surface area contributed by atoms with E-state index in [2.05, 4.69) is 55.3 Å². The SMILES string of the molecule is CSCC(C)N(C)c1ncccc1CNCC(C)C. The summed E-state index contributed by atoms with van der Waals surface area (Å²) < 4.78 is 0. The van der Waals surface area contributed by atoms with Crippen LogP contribution in [-0.4, -0.2) is 36.6 Å². The summed E-state index contributed by atoms with van der Waals surface area (Å²) in [5.74, 6) is 2.89. The number of nitrogens with zero attached hydrogens (tertiary/aromatic N) is 2. The van der Waals surface area contributed by atoms with Crippen LogP contribution >= 0.6 is 11.8 Å². The van der Waals surface area contributed by atoms with E-state index in [4.69, 9.17) is 0 Å². The minimum absolute atomic E-state index is 0.494. The van der Waals surface area contributed by atoms with Crippen molar-refractivity contribution < 1.29 is 0 Å². The molecule has 1 rings (SSSR count). The molecule has 4 heteroatoms. The Bertz CT molecular complexity index is 368. The maximum atomic E-state index is 4.56. The summed E-state index contributed by atoms with van der Waals surface area (Å²) in [5.41, 5.74) is 1.28. The van der Waals surface area contributed by atoms with Gasteiger partial charge in [0.15, 0.2) is 0 Å². The minimum atomic E-state index is 0.494. The van der Waals surface area contributed by atoms with Crippen LogP contribution in [0.15, 0.2) is 18.3 Å². The summed E-state index contributed by atoms with van der Waals surface area (Å²) in [7, 11) is 2.13. The Balaban J connectivity index is 2.71. The molecule has 1 heterocycles. The Morgan fingerprint density at radius 3 is 2.74 bits per heavy atom. The molecule has 0 saturated heterocycles. The Morgan fingerprint density at radius 1 is 1.37 bits per heavy atom. The molecule has 1 aromatic rings. The molecule has 0 amide bonds. The lowest BCUT2D eigenvalue weighted by Gasteiger charge is -2.27. The van der Waals surface area contributed by atoms with Crippen LogP contribution in [0.3, 0.4) is 0 Å². The van der Waals surface area contributed by atoms with E-state index in [-0.39, 0.29) is 0 Å². The second-order valence-electron chi connectivity index (χ2n) is 5.43. The predicted molar refractivity (Wildman–Crippen MR) is 87.0 cm³/mol. The van der Waals surface area contributed by atoms with Crippen LogP contribution in [0.1, 0.15) is 26.3 Å². The number of anilines is 1. The van der Waals surface area contributed by atoms with E-state index in [9.17, 15) is 0 Å². The molecule has 0 aliphatic rings. The highest BCUT2D eigenvalue weighted by atomic mass is 32.2. The van der Waals surface area contributed by atoms with Crippen LogP contribution in [0, 0.1) is 5.92 Å². The normalized spacial score (nSPS) is 12.7. The molecule has 0 bridgehead atoms. The smallest absolute Gasteiger partial charge is 0.133 e. The molecule has 0 saturated carbocycles. The van der Waals surface area contributed by atoms with Crippen molar-refractivity contribution in [2.45, 2.75) is 33.4 Å². The molecule has 19 heavy (non-hydrogen) atoms. The fraction of sp³-hybridized carbons (Fsp3) is 0.667. The molecule has 108 valence electrons. The van der Waals surface area contributed by atoms with Crippen molar-refractivity contribution in [3.8, 4) is 0 Å². The molecule has 0 aliphatic heterocycles. The number of nitrogens with one attached hydrogen (secondary N) is 1. The summed E-state index contributed by atoms with van der Waals surface area (Å²) >= 11 is 1.88. The van der Waals surface area contributed by atoms with E-state index in [1.54, 1.807) is 0 Å². The lowest BCUT2D eigenvalue weighted by atomic mass is 10.2. The van der Waals surface area contributed by atoms with Gasteiger partial charge in [0.25, 0.3) is 0 Å². The standard InChI is InChI=1S/C15H27N3S/c1-12(2)9-16-10-14-7-6-8-17-15(14)18(4)13(3)11-19-5/h6-8,12-13,16H,9-11H2,1-5H3. The van der Waals surface area contributed by atoms with Gasteiger partial charge in [0, 0.05) is 37.1 Å². The number of hydrogen-bond acceptors (Lipinski definition) is 4. The summed E-state index contributed by atoms with van der Waals surface area (Å²) in [6.07, 6.45) is 4.03. The molecule has 0 spiro atoms. The van der Waals surface area contributed by atoms with Gasteiger partial charge in [-0.25, -0.2) is 4.98 Å². The third kappa shape index (κ3) is 5.41. The van der Waals surface area contributed by atoms with Crippen molar-refractivity contribution >= 4 is 17.6 Å². The molecule has 0 radical (unpaired) electrons. The van der Waals surface area contributed by atoms with Gasteiger partial charge in [-0.3, -0.25) is 0 Å². The van der Waals surface area contributed by atoms with E-state index in [0.29, 0.717) is 12.0 Å². The first-order chi connectivity index (χ1) is 9.06. The van der Waals surface area contributed by atoms with Crippen LogP contribution < -0.4 is 10.2 Å². The predicted octanol–water partition coefficient (Wildman–Crippen LogP) is 3.01. The van der Waals surface area contributed by atoms with Crippen LogP contribution in [0.25, 0.3) is 0 Å². The average Bonchev–Trinajstić information content (AvgIpc) is 2.38. The van der Waals surface area contributed by atoms with Gasteiger partial charge in [-0.15, -0.1) is 0 Å². The summed E-state index contributed by atoms with van der Waals surface area (Å²) in [6, 6.07) is 4.68. The van der Waals surface area contributed by atoms with Gasteiger partial charge in [0.05, 0.1) is 0 Å². The van der Waals surface area contributed by atoms with Crippen molar-refractivity contribution in [1.82, 2.24) is 10.3 Å². The first-order valence-electron chi connectivity index (χ1n) is 6.92. The van der Waals surface area contributed by atoms with Crippen molar-refractivity contribution in [3.05, 3.63) is 23.9 Å². The Kier molecular flexibility index (Phi) is 7.24. The molecule has 0 aromatic carbocycles. The maximum absolute atomic E-state index is 4.56. The Labute approximate surface area is 122 Å². The third-order valence-electron chi connectivity index (χ3n) is 3.14. The van der Waals surface area contributed by atoms with E-state index >= 15 is 0 Å². The lowest BCUT2D eigenvalue weighted by molar-refractivity contribution is 0.551. The van der Waals surface area contributed by atoms with Crippen molar-refractivity contribution in [1.29, 1.82) is 0 Å². The zero-order chi connectivity index (χ0) is 14.3. The van der Waals surface area contributed by atoms with Crippen LogP contribution in [-0.2, 0) is 6.54 Å². The molecule has 1 aromatic heterocycles. The lowest BCUT2D eigenvalue weighted by Crippen LogP contribution is -2.33. The highest BCUT2D eigenvalue weighted by molar-refractivity contribution is 7.98. The molecule has 1 unspecified atom stereocenters. The van der Waals surface area contributed by atoms with Crippen LogP contribution in [0.5, 0.6) is 0 Å². The topological polar surface area (TPSA) is 28.2 Å². The molecular formula is C15H27N3S. The summed E-state index contributed by atoms with van der Waals surface area (Å²) in [5, 5.41) is 3.50. The maximum Gasteiger partial charge on any atom is 0.133 e. The van der Waals surface area contributed by atoms with Crippen molar-refractivity contribution in [2.24, 2.45) is 5.92 Å². The van der Waals surface area contributed by atoms with E-state index in [1.807, 2.05) is 24.0 Å². The highest BCUT2D eigenvalue weighted by Crippen LogP contribution is 2.19. The number of aromatic nitrogens is 1. The second-order valence-corrected chi connectivity index (χ2v) is 6.34. The first-order valence-corrected chi connectivity index (χ1v) is 8.32. The van der Waals surface area contributed by atoms with Crippen LogP contribution in [0.2, 0.25) is 0 Å². The van der Waals surface area contributed by atoms with Gasteiger partial charge in [0.1, 0.15) is 5.82 Å². The van der Waals surface area contributed by atoms with E-state index in [1.165, 1.54) is 5.56 Å². The summed E-state index contributed by atoms with van der Waals surface area (Å²) in [6.45, 7) is 8.63. The second kappa shape index (κ2) is 8.43. The molecule has 1 N–H and O–H groups in total. The fourth-order valence-corrected chi connectivity index (χ4v) is 2.65. The molecular weight excluding hydrogens is 254 g/mol. The van der Waals surface area contributed by atoms with Crippen molar-refractivity contribution in [3.63, 3.8) is 0 Å². The molecule has 0 fully saturated rings. The quantitative estimate of drug-likeness (QED) is 0.793. The number of hydrogen-bond donors (Lipinski definition) is 1. The van der Waals surface area contributed by atoms with Gasteiger partial charge < -0.3 is 10.2 Å². The molecule has 3 nitrogen and oxygen atoms in total.